The molecular formula is C10H14O4S. The molecule has 0 aromatic heterocycles. The van der Waals surface area contributed by atoms with E-state index in [1.165, 1.54) is 33.3 Å². The van der Waals surface area contributed by atoms with Crippen LogP contribution in [0, 0.1) is 0 Å². The molecule has 0 bridgehead atoms. The van der Waals surface area contributed by atoms with E-state index < -0.39 is 15.3 Å². The Balaban J connectivity index is 3.06. The summed E-state index contributed by atoms with van der Waals surface area (Å²) < 4.78 is 33.3. The molecule has 1 unspecified atom stereocenters. The van der Waals surface area contributed by atoms with E-state index in [0.29, 0.717) is 5.75 Å². The summed E-state index contributed by atoms with van der Waals surface area (Å²) in [6.07, 6.45) is 0. The molecule has 0 amide bonds. The number of methoxy groups -OCH3 is 2. The van der Waals surface area contributed by atoms with Crippen LogP contribution in [0.1, 0.15) is 6.92 Å². The highest BCUT2D eigenvalue weighted by atomic mass is 32.2. The molecule has 0 fully saturated rings. The van der Waals surface area contributed by atoms with Gasteiger partial charge in [-0.2, -0.15) is 0 Å². The Morgan fingerprint density at radius 2 is 1.67 bits per heavy atom. The molecule has 0 saturated heterocycles. The highest BCUT2D eigenvalue weighted by Gasteiger charge is 2.22. The number of benzene rings is 1. The van der Waals surface area contributed by atoms with E-state index in [1.807, 2.05) is 0 Å². The first kappa shape index (κ1) is 12.0. The average molecular weight is 230 g/mol. The Kier molecular flexibility index (Phi) is 3.71. The summed E-state index contributed by atoms with van der Waals surface area (Å²) in [6, 6.07) is 6.22. The molecule has 1 aromatic rings. The number of hydrogen-bond acceptors (Lipinski definition) is 4. The van der Waals surface area contributed by atoms with Crippen molar-refractivity contribution in [2.24, 2.45) is 0 Å². The zero-order valence-electron chi connectivity index (χ0n) is 8.93. The number of rotatable bonds is 4. The molecule has 5 heteroatoms. The van der Waals surface area contributed by atoms with Gasteiger partial charge >= 0.3 is 0 Å². The van der Waals surface area contributed by atoms with E-state index in [4.69, 9.17) is 9.47 Å². The molecule has 0 radical (unpaired) electrons. The van der Waals surface area contributed by atoms with Crippen molar-refractivity contribution in [3.63, 3.8) is 0 Å². The van der Waals surface area contributed by atoms with Gasteiger partial charge < -0.3 is 9.47 Å². The fourth-order valence-electron chi connectivity index (χ4n) is 1.08. The summed E-state index contributed by atoms with van der Waals surface area (Å²) >= 11 is 0. The first-order valence-corrected chi connectivity index (χ1v) is 5.97. The topological polar surface area (TPSA) is 52.6 Å². The zero-order chi connectivity index (χ0) is 11.5. The maximum Gasteiger partial charge on any atom is 0.204 e. The van der Waals surface area contributed by atoms with Crippen LogP contribution in [0.3, 0.4) is 0 Å². The van der Waals surface area contributed by atoms with Crippen molar-refractivity contribution in [3.05, 3.63) is 24.3 Å². The predicted octanol–water partition coefficient (Wildman–Crippen LogP) is 1.46. The van der Waals surface area contributed by atoms with Crippen molar-refractivity contribution >= 4 is 9.84 Å². The third kappa shape index (κ3) is 2.49. The van der Waals surface area contributed by atoms with Gasteiger partial charge in [0, 0.05) is 7.11 Å². The van der Waals surface area contributed by atoms with E-state index in [2.05, 4.69) is 0 Å². The number of sulfone groups is 1. The van der Waals surface area contributed by atoms with Gasteiger partial charge in [0.1, 0.15) is 5.75 Å². The Bertz CT molecular complexity index is 408. The highest BCUT2D eigenvalue weighted by Crippen LogP contribution is 2.19. The molecule has 0 aliphatic carbocycles. The molecule has 0 aliphatic heterocycles. The second kappa shape index (κ2) is 4.63. The van der Waals surface area contributed by atoms with E-state index >= 15 is 0 Å². The Labute approximate surface area is 89.7 Å². The lowest BCUT2D eigenvalue weighted by Gasteiger charge is -2.11. The monoisotopic (exact) mass is 230 g/mol. The summed E-state index contributed by atoms with van der Waals surface area (Å²) in [4.78, 5) is 0.234. The number of ether oxygens (including phenoxy) is 2. The largest absolute Gasteiger partial charge is 0.497 e. The standard InChI is InChI=1S/C10H14O4S/c1-8(13-2)15(11,12)10-6-4-9(14-3)5-7-10/h4-8H,1-3H3. The van der Waals surface area contributed by atoms with Crippen LogP contribution >= 0.6 is 0 Å². The van der Waals surface area contributed by atoms with Crippen LogP contribution < -0.4 is 4.74 Å². The molecule has 1 aromatic carbocycles. The van der Waals surface area contributed by atoms with Gasteiger partial charge in [-0.3, -0.25) is 0 Å². The quantitative estimate of drug-likeness (QED) is 0.785. The first-order valence-electron chi connectivity index (χ1n) is 4.43. The Morgan fingerprint density at radius 3 is 2.07 bits per heavy atom. The van der Waals surface area contributed by atoms with Gasteiger partial charge in [0.15, 0.2) is 5.44 Å². The molecule has 4 nitrogen and oxygen atoms in total. The lowest BCUT2D eigenvalue weighted by Crippen LogP contribution is -2.19. The van der Waals surface area contributed by atoms with E-state index in [0.717, 1.165) is 0 Å². The second-order valence-electron chi connectivity index (χ2n) is 3.02. The van der Waals surface area contributed by atoms with Crippen LogP contribution in [0.4, 0.5) is 0 Å². The maximum absolute atomic E-state index is 11.8. The third-order valence-corrected chi connectivity index (χ3v) is 4.15. The van der Waals surface area contributed by atoms with Gasteiger partial charge in [-0.1, -0.05) is 0 Å². The minimum absolute atomic E-state index is 0.234. The van der Waals surface area contributed by atoms with Crippen molar-refractivity contribution in [2.75, 3.05) is 14.2 Å². The predicted molar refractivity (Wildman–Crippen MR) is 56.7 cm³/mol. The lowest BCUT2D eigenvalue weighted by molar-refractivity contribution is 0.178. The van der Waals surface area contributed by atoms with Crippen LogP contribution in [0.2, 0.25) is 0 Å². The smallest absolute Gasteiger partial charge is 0.204 e. The van der Waals surface area contributed by atoms with E-state index in [1.54, 1.807) is 12.1 Å². The van der Waals surface area contributed by atoms with Crippen molar-refractivity contribution in [2.45, 2.75) is 17.3 Å². The molecule has 0 saturated carbocycles. The molecule has 0 aliphatic rings. The van der Waals surface area contributed by atoms with Gasteiger partial charge in [0.2, 0.25) is 9.84 Å². The third-order valence-electron chi connectivity index (χ3n) is 2.16. The van der Waals surface area contributed by atoms with Crippen LogP contribution in [-0.4, -0.2) is 28.1 Å². The molecular weight excluding hydrogens is 216 g/mol. The van der Waals surface area contributed by atoms with Gasteiger partial charge in [0.25, 0.3) is 0 Å². The van der Waals surface area contributed by atoms with Gasteiger partial charge in [-0.05, 0) is 31.2 Å². The minimum Gasteiger partial charge on any atom is -0.497 e. The second-order valence-corrected chi connectivity index (χ2v) is 5.25. The van der Waals surface area contributed by atoms with Crippen LogP contribution in [0.15, 0.2) is 29.2 Å². The summed E-state index contributed by atoms with van der Waals surface area (Å²) in [5, 5.41) is 0. The van der Waals surface area contributed by atoms with Crippen molar-refractivity contribution in [1.82, 2.24) is 0 Å². The van der Waals surface area contributed by atoms with E-state index in [-0.39, 0.29) is 4.90 Å². The number of hydrogen-bond donors (Lipinski definition) is 0. The Morgan fingerprint density at radius 1 is 1.13 bits per heavy atom. The summed E-state index contributed by atoms with van der Waals surface area (Å²) in [7, 11) is -0.496. The normalized spacial score (nSPS) is 13.5. The summed E-state index contributed by atoms with van der Waals surface area (Å²) in [5.41, 5.74) is -0.842. The fourth-order valence-corrected chi connectivity index (χ4v) is 2.24. The van der Waals surface area contributed by atoms with Crippen LogP contribution in [-0.2, 0) is 14.6 Å². The highest BCUT2D eigenvalue weighted by molar-refractivity contribution is 7.91. The van der Waals surface area contributed by atoms with Crippen molar-refractivity contribution < 1.29 is 17.9 Å². The lowest BCUT2D eigenvalue weighted by atomic mass is 10.3. The first-order chi connectivity index (χ1) is 7.02. The van der Waals surface area contributed by atoms with Crippen LogP contribution in [0.5, 0.6) is 5.75 Å². The molecule has 84 valence electrons. The minimum atomic E-state index is -3.39. The Hall–Kier alpha value is -1.07. The summed E-state index contributed by atoms with van der Waals surface area (Å²) in [5.74, 6) is 0.624. The SMILES string of the molecule is COc1ccc(S(=O)(=O)C(C)OC)cc1. The summed E-state index contributed by atoms with van der Waals surface area (Å²) in [6.45, 7) is 1.50. The molecule has 0 N–H and O–H groups in total. The molecule has 15 heavy (non-hydrogen) atoms. The maximum atomic E-state index is 11.8. The van der Waals surface area contributed by atoms with Gasteiger partial charge in [-0.25, -0.2) is 8.42 Å². The van der Waals surface area contributed by atoms with Crippen LogP contribution in [0.25, 0.3) is 0 Å². The molecule has 1 rings (SSSR count). The molecule has 0 spiro atoms. The average Bonchev–Trinajstić information content (AvgIpc) is 2.28. The fraction of sp³-hybridized carbons (Fsp3) is 0.400. The molecule has 1 atom stereocenters. The zero-order valence-corrected chi connectivity index (χ0v) is 9.74. The van der Waals surface area contributed by atoms with Crippen molar-refractivity contribution in [1.29, 1.82) is 0 Å². The van der Waals surface area contributed by atoms with Gasteiger partial charge in [0.05, 0.1) is 12.0 Å². The molecule has 0 heterocycles. The van der Waals surface area contributed by atoms with E-state index in [9.17, 15) is 8.42 Å². The van der Waals surface area contributed by atoms with Crippen molar-refractivity contribution in [3.8, 4) is 5.75 Å². The van der Waals surface area contributed by atoms with Gasteiger partial charge in [-0.15, -0.1) is 0 Å².